The fourth-order valence-electron chi connectivity index (χ4n) is 0.149. The number of nitrogens with one attached hydrogen (secondary N) is 1. The predicted octanol–water partition coefficient (Wildman–Crippen LogP) is -0.798. The predicted molar refractivity (Wildman–Crippen MR) is 26.5 cm³/mol. The Morgan fingerprint density at radius 2 is 1.90 bits per heavy atom. The highest BCUT2D eigenvalue weighted by Gasteiger charge is 2.39. The Morgan fingerprint density at radius 3 is 2.00 bits per heavy atom. The maximum atomic E-state index is 11.2. The lowest BCUT2D eigenvalue weighted by Gasteiger charge is -2.02. The van der Waals surface area contributed by atoms with Gasteiger partial charge in [-0.25, -0.2) is 9.35 Å². The van der Waals surface area contributed by atoms with Gasteiger partial charge in [-0.2, -0.15) is 13.2 Å². The van der Waals surface area contributed by atoms with Gasteiger partial charge in [0.05, 0.1) is 0 Å². The Morgan fingerprint density at radius 1 is 1.50 bits per heavy atom. The van der Waals surface area contributed by atoms with E-state index in [2.05, 4.69) is 5.14 Å². The minimum Gasteiger partial charge on any atom is -0.264 e. The summed E-state index contributed by atoms with van der Waals surface area (Å²) >= 11 is -2.46. The van der Waals surface area contributed by atoms with Gasteiger partial charge in [0, 0.05) is 0 Å². The van der Waals surface area contributed by atoms with Crippen molar-refractivity contribution in [3.8, 4) is 0 Å². The molecular formula is C2H3F3N2O2S. The zero-order valence-electron chi connectivity index (χ0n) is 4.44. The van der Waals surface area contributed by atoms with E-state index in [1.807, 2.05) is 0 Å². The lowest BCUT2D eigenvalue weighted by molar-refractivity contribution is -0.171. The molecule has 0 fully saturated rings. The molecule has 0 aliphatic rings. The number of nitrogens with two attached hydrogens (primary N) is 1. The van der Waals surface area contributed by atoms with Crippen molar-refractivity contribution in [2.45, 2.75) is 6.18 Å². The van der Waals surface area contributed by atoms with Crippen LogP contribution < -0.4 is 9.86 Å². The van der Waals surface area contributed by atoms with Crippen LogP contribution in [0.25, 0.3) is 0 Å². The second-order valence-corrected chi connectivity index (χ2v) is 2.03. The molecule has 1 amide bonds. The van der Waals surface area contributed by atoms with Crippen molar-refractivity contribution in [3.63, 3.8) is 0 Å². The smallest absolute Gasteiger partial charge is 0.264 e. The van der Waals surface area contributed by atoms with E-state index < -0.39 is 23.3 Å². The van der Waals surface area contributed by atoms with Crippen molar-refractivity contribution in [2.75, 3.05) is 0 Å². The van der Waals surface area contributed by atoms with Crippen LogP contribution in [0.1, 0.15) is 0 Å². The Labute approximate surface area is 56.3 Å². The molecule has 1 unspecified atom stereocenters. The molecule has 0 saturated carbocycles. The van der Waals surface area contributed by atoms with Crippen LogP contribution in [0.5, 0.6) is 0 Å². The Bertz CT molecular complexity index is 166. The standard InChI is InChI=1S/C2H3F3N2O2S/c3-2(4,5)1(8)7-10(6)9/h6H2,(H,7,8). The minimum atomic E-state index is -5.03. The lowest BCUT2D eigenvalue weighted by Crippen LogP contribution is -2.40. The van der Waals surface area contributed by atoms with E-state index in [-0.39, 0.29) is 0 Å². The van der Waals surface area contributed by atoms with Crippen LogP contribution >= 0.6 is 0 Å². The van der Waals surface area contributed by atoms with E-state index in [1.165, 1.54) is 0 Å². The number of carbonyl (C=O) groups excluding carboxylic acids is 1. The van der Waals surface area contributed by atoms with Crippen LogP contribution in [-0.4, -0.2) is 16.3 Å². The first-order chi connectivity index (χ1) is 4.34. The monoisotopic (exact) mass is 176 g/mol. The zero-order valence-corrected chi connectivity index (χ0v) is 5.25. The molecule has 4 nitrogen and oxygen atoms in total. The maximum absolute atomic E-state index is 11.2. The normalized spacial score (nSPS) is 14.4. The highest BCUT2D eigenvalue weighted by atomic mass is 32.2. The third-order valence-electron chi connectivity index (χ3n) is 0.451. The minimum absolute atomic E-state index is 0.969. The molecule has 1 atom stereocenters. The van der Waals surface area contributed by atoms with Gasteiger partial charge in [-0.15, -0.1) is 0 Å². The average Bonchev–Trinajstić information content (AvgIpc) is 1.60. The lowest BCUT2D eigenvalue weighted by atomic mass is 10.6. The number of alkyl halides is 3. The number of halogens is 3. The first-order valence-electron chi connectivity index (χ1n) is 1.88. The van der Waals surface area contributed by atoms with Crippen molar-refractivity contribution in [3.05, 3.63) is 0 Å². The third kappa shape index (κ3) is 3.41. The molecule has 8 heteroatoms. The van der Waals surface area contributed by atoms with Gasteiger partial charge in [-0.05, 0) is 0 Å². The van der Waals surface area contributed by atoms with Gasteiger partial charge >= 0.3 is 12.1 Å². The summed E-state index contributed by atoms with van der Waals surface area (Å²) in [5.74, 6) is -2.31. The highest BCUT2D eigenvalue weighted by Crippen LogP contribution is 2.13. The van der Waals surface area contributed by atoms with Crippen molar-refractivity contribution >= 4 is 17.1 Å². The largest absolute Gasteiger partial charge is 0.472 e. The number of rotatable bonds is 1. The molecule has 0 spiro atoms. The first-order valence-corrected chi connectivity index (χ1v) is 3.09. The quantitative estimate of drug-likeness (QED) is 0.549. The highest BCUT2D eigenvalue weighted by molar-refractivity contribution is 7.81. The molecule has 0 aromatic carbocycles. The van der Waals surface area contributed by atoms with E-state index in [4.69, 9.17) is 0 Å². The number of carbonyl (C=O) groups is 1. The molecule has 0 aromatic heterocycles. The van der Waals surface area contributed by atoms with Crippen LogP contribution in [0.3, 0.4) is 0 Å². The molecule has 0 aliphatic carbocycles. The Balaban J connectivity index is 3.99. The Hall–Kier alpha value is -0.630. The van der Waals surface area contributed by atoms with Gasteiger partial charge < -0.3 is 0 Å². The van der Waals surface area contributed by atoms with Gasteiger partial charge in [-0.1, -0.05) is 0 Å². The van der Waals surface area contributed by atoms with Crippen LogP contribution in [0, 0.1) is 0 Å². The van der Waals surface area contributed by atoms with Crippen LogP contribution in [0.15, 0.2) is 0 Å². The van der Waals surface area contributed by atoms with Crippen molar-refractivity contribution in [1.82, 2.24) is 4.72 Å². The summed E-state index contributed by atoms with van der Waals surface area (Å²) in [6, 6.07) is 0. The maximum Gasteiger partial charge on any atom is 0.472 e. The fourth-order valence-corrected chi connectivity index (χ4v) is 0.448. The van der Waals surface area contributed by atoms with Crippen molar-refractivity contribution in [2.24, 2.45) is 5.14 Å². The summed E-state index contributed by atoms with van der Waals surface area (Å²) in [7, 11) is 0. The van der Waals surface area contributed by atoms with E-state index in [0.29, 0.717) is 0 Å². The molecule has 0 aromatic rings. The zero-order chi connectivity index (χ0) is 8.36. The van der Waals surface area contributed by atoms with E-state index in [9.17, 15) is 22.2 Å². The fraction of sp³-hybridized carbons (Fsp3) is 0.500. The SMILES string of the molecule is NS(=O)NC(=O)C(F)(F)F. The molecule has 60 valence electrons. The Kier molecular flexibility index (Phi) is 2.78. The first kappa shape index (κ1) is 9.37. The van der Waals surface area contributed by atoms with E-state index in [1.54, 1.807) is 0 Å². The van der Waals surface area contributed by atoms with Gasteiger partial charge in [-0.3, -0.25) is 9.52 Å². The van der Waals surface area contributed by atoms with Gasteiger partial charge in [0.15, 0.2) is 11.2 Å². The molecule has 0 rings (SSSR count). The summed E-state index contributed by atoms with van der Waals surface area (Å²) in [5.41, 5.74) is 0. The third-order valence-corrected chi connectivity index (χ3v) is 0.837. The average molecular weight is 176 g/mol. The summed E-state index contributed by atoms with van der Waals surface area (Å²) in [6.07, 6.45) is -5.03. The topological polar surface area (TPSA) is 72.2 Å². The van der Waals surface area contributed by atoms with Crippen molar-refractivity contribution in [1.29, 1.82) is 0 Å². The van der Waals surface area contributed by atoms with E-state index >= 15 is 0 Å². The molecule has 0 aliphatic heterocycles. The van der Waals surface area contributed by atoms with Gasteiger partial charge in [0.2, 0.25) is 0 Å². The summed E-state index contributed by atoms with van der Waals surface area (Å²) < 4.78 is 44.3. The molecule has 0 bridgehead atoms. The molecule has 0 heterocycles. The molecule has 3 N–H and O–H groups in total. The van der Waals surface area contributed by atoms with E-state index in [0.717, 1.165) is 4.72 Å². The number of amides is 1. The summed E-state index contributed by atoms with van der Waals surface area (Å²) in [5, 5.41) is 4.33. The second-order valence-electron chi connectivity index (χ2n) is 1.23. The molecule has 0 radical (unpaired) electrons. The van der Waals surface area contributed by atoms with Crippen LogP contribution in [0.4, 0.5) is 13.2 Å². The number of hydrogen-bond donors (Lipinski definition) is 2. The summed E-state index contributed by atoms with van der Waals surface area (Å²) in [4.78, 5) is 9.77. The van der Waals surface area contributed by atoms with Crippen LogP contribution in [-0.2, 0) is 16.0 Å². The molecule has 0 saturated heterocycles. The molecular weight excluding hydrogens is 173 g/mol. The van der Waals surface area contributed by atoms with Gasteiger partial charge in [0.25, 0.3) is 0 Å². The number of hydrogen-bond acceptors (Lipinski definition) is 2. The van der Waals surface area contributed by atoms with Gasteiger partial charge in [0.1, 0.15) is 0 Å². The van der Waals surface area contributed by atoms with Crippen LogP contribution in [0.2, 0.25) is 0 Å². The second kappa shape index (κ2) is 2.97. The molecule has 10 heavy (non-hydrogen) atoms. The summed E-state index contributed by atoms with van der Waals surface area (Å²) in [6.45, 7) is 0. The van der Waals surface area contributed by atoms with Crippen molar-refractivity contribution < 1.29 is 22.2 Å².